The van der Waals surface area contributed by atoms with Crippen LogP contribution in [-0.4, -0.2) is 18.4 Å². The van der Waals surface area contributed by atoms with Crippen LogP contribution in [0, 0.1) is 0 Å². The predicted molar refractivity (Wildman–Crippen MR) is 164 cm³/mol. The molecular formula is C30H28CrN2S4. The van der Waals surface area contributed by atoms with Crippen LogP contribution in [-0.2, 0) is 68.8 Å². The Bertz CT molecular complexity index is 1010. The summed E-state index contributed by atoms with van der Waals surface area (Å²) in [6, 6.07) is 41.0. The van der Waals surface area contributed by atoms with Crippen molar-refractivity contribution in [2.75, 3.05) is 0 Å². The first-order valence-corrected chi connectivity index (χ1v) is 13.2. The van der Waals surface area contributed by atoms with Gasteiger partial charge in [-0.1, -0.05) is 130 Å². The second-order valence-electron chi connectivity index (χ2n) is 8.19. The van der Waals surface area contributed by atoms with E-state index >= 15 is 0 Å². The first kappa shape index (κ1) is 30.9. The van der Waals surface area contributed by atoms with Gasteiger partial charge in [0.15, 0.2) is 0 Å². The van der Waals surface area contributed by atoms with E-state index in [-0.39, 0.29) is 17.4 Å². The molecule has 0 atom stereocenters. The SMILES string of the molecule is S=C([S-])N(Cc1ccccc1)Cc1ccccc1.S=C([S-])N(Cc1ccccc1)Cc1ccccc1.[Cr+2]. The predicted octanol–water partition coefficient (Wildman–Crippen LogP) is 7.04. The first-order chi connectivity index (χ1) is 17.5. The summed E-state index contributed by atoms with van der Waals surface area (Å²) < 4.78 is 1.03. The Kier molecular flexibility index (Phi) is 14.3. The summed E-state index contributed by atoms with van der Waals surface area (Å²) in [4.78, 5) is 4.07. The maximum absolute atomic E-state index is 5.16. The van der Waals surface area contributed by atoms with Crippen LogP contribution >= 0.6 is 24.4 Å². The number of hydrogen-bond donors (Lipinski definition) is 0. The molecule has 4 aromatic rings. The molecular weight excluding hydrogens is 569 g/mol. The van der Waals surface area contributed by atoms with Crippen molar-refractivity contribution in [3.63, 3.8) is 0 Å². The van der Waals surface area contributed by atoms with E-state index in [1.807, 2.05) is 82.6 Å². The van der Waals surface area contributed by atoms with Gasteiger partial charge in [-0.15, -0.1) is 0 Å². The number of nitrogens with zero attached hydrogens (tertiary/aromatic N) is 2. The summed E-state index contributed by atoms with van der Waals surface area (Å²) in [5.41, 5.74) is 4.89. The van der Waals surface area contributed by atoms with Crippen molar-refractivity contribution >= 4 is 58.3 Å². The van der Waals surface area contributed by atoms with Crippen molar-refractivity contribution in [3.05, 3.63) is 144 Å². The fourth-order valence-electron chi connectivity index (χ4n) is 3.59. The number of benzene rings is 4. The van der Waals surface area contributed by atoms with Gasteiger partial charge in [0.1, 0.15) is 0 Å². The summed E-state index contributed by atoms with van der Waals surface area (Å²) >= 11 is 20.6. The molecule has 0 aromatic heterocycles. The minimum absolute atomic E-state index is 0. The van der Waals surface area contributed by atoms with Gasteiger partial charge < -0.3 is 59.5 Å². The van der Waals surface area contributed by atoms with Gasteiger partial charge in [-0.2, -0.15) is 0 Å². The van der Waals surface area contributed by atoms with E-state index in [1.165, 1.54) is 22.3 Å². The smallest absolute Gasteiger partial charge is 0.411 e. The van der Waals surface area contributed by atoms with Crippen LogP contribution in [0.3, 0.4) is 0 Å². The fourth-order valence-corrected chi connectivity index (χ4v) is 4.10. The molecule has 7 heteroatoms. The molecule has 0 aliphatic rings. The van der Waals surface area contributed by atoms with Crippen molar-refractivity contribution in [3.8, 4) is 0 Å². The fraction of sp³-hybridized carbons (Fsp3) is 0.133. The van der Waals surface area contributed by atoms with Crippen LogP contribution in [0.15, 0.2) is 121 Å². The molecule has 0 aliphatic carbocycles. The van der Waals surface area contributed by atoms with E-state index in [1.54, 1.807) is 0 Å². The molecule has 2 nitrogen and oxygen atoms in total. The molecule has 0 spiro atoms. The third-order valence-electron chi connectivity index (χ3n) is 5.38. The van der Waals surface area contributed by atoms with Crippen LogP contribution in [0.4, 0.5) is 0 Å². The Morgan fingerprint density at radius 1 is 0.432 bits per heavy atom. The molecule has 0 bridgehead atoms. The van der Waals surface area contributed by atoms with Gasteiger partial charge >= 0.3 is 17.4 Å². The summed E-state index contributed by atoms with van der Waals surface area (Å²) in [7, 11) is 0. The Morgan fingerprint density at radius 3 is 0.784 bits per heavy atom. The number of hydrogen-bond acceptors (Lipinski definition) is 4. The van der Waals surface area contributed by atoms with Gasteiger partial charge in [-0.3, -0.25) is 0 Å². The maximum atomic E-state index is 5.16. The monoisotopic (exact) mass is 596 g/mol. The summed E-state index contributed by atoms with van der Waals surface area (Å²) in [5.74, 6) is 0. The quantitative estimate of drug-likeness (QED) is 0.158. The molecule has 0 saturated carbocycles. The van der Waals surface area contributed by atoms with Gasteiger partial charge in [0.2, 0.25) is 0 Å². The molecule has 0 heterocycles. The zero-order valence-corrected chi connectivity index (χ0v) is 24.9. The average Bonchev–Trinajstić information content (AvgIpc) is 2.91. The van der Waals surface area contributed by atoms with Crippen molar-refractivity contribution in [2.45, 2.75) is 26.2 Å². The van der Waals surface area contributed by atoms with Crippen LogP contribution in [0.5, 0.6) is 0 Å². The van der Waals surface area contributed by atoms with E-state index in [0.29, 0.717) is 8.64 Å². The first-order valence-electron chi connectivity index (χ1n) is 11.6. The molecule has 4 aromatic carbocycles. The second-order valence-corrected chi connectivity index (χ2v) is 10.2. The van der Waals surface area contributed by atoms with E-state index in [4.69, 9.17) is 49.7 Å². The molecule has 0 unspecified atom stereocenters. The Balaban J connectivity index is 0.000000253. The minimum Gasteiger partial charge on any atom is -0.411 e. The van der Waals surface area contributed by atoms with Gasteiger partial charge in [-0.05, 0) is 22.3 Å². The summed E-state index contributed by atoms with van der Waals surface area (Å²) in [6.45, 7) is 3.05. The molecule has 0 N–H and O–H groups in total. The second kappa shape index (κ2) is 17.2. The van der Waals surface area contributed by atoms with Crippen molar-refractivity contribution in [1.82, 2.24) is 9.80 Å². The normalized spacial score (nSPS) is 9.73. The Labute approximate surface area is 253 Å². The Morgan fingerprint density at radius 2 is 0.622 bits per heavy atom. The van der Waals surface area contributed by atoms with E-state index < -0.39 is 0 Å². The summed E-state index contributed by atoms with van der Waals surface area (Å²) in [5, 5.41) is 0. The maximum Gasteiger partial charge on any atom is 2.00 e. The third kappa shape index (κ3) is 11.7. The van der Waals surface area contributed by atoms with Crippen LogP contribution in [0.1, 0.15) is 22.3 Å². The van der Waals surface area contributed by atoms with Gasteiger partial charge in [0.05, 0.1) is 0 Å². The topological polar surface area (TPSA) is 6.48 Å². The molecule has 0 aliphatic heterocycles. The van der Waals surface area contributed by atoms with Crippen molar-refractivity contribution < 1.29 is 17.4 Å². The molecule has 4 rings (SSSR count). The summed E-state index contributed by atoms with van der Waals surface area (Å²) in [6.07, 6.45) is 0. The standard InChI is InChI=1S/2C15H15NS2.Cr/c2*17-15(18)16(11-13-7-3-1-4-8-13)12-14-9-5-2-6-10-14;/h2*1-10H,11-12H2,(H,17,18);/q;;+2/p-2. The third-order valence-corrected chi connectivity index (χ3v) is 6.41. The molecule has 0 radical (unpaired) electrons. The van der Waals surface area contributed by atoms with Gasteiger partial charge in [0, 0.05) is 26.2 Å². The van der Waals surface area contributed by atoms with Crippen LogP contribution in [0.2, 0.25) is 0 Å². The minimum atomic E-state index is 0. The van der Waals surface area contributed by atoms with E-state index in [9.17, 15) is 0 Å². The van der Waals surface area contributed by atoms with E-state index in [0.717, 1.165) is 26.2 Å². The zero-order valence-electron chi connectivity index (χ0n) is 20.3. The largest absolute Gasteiger partial charge is 2.00 e. The van der Waals surface area contributed by atoms with Gasteiger partial charge in [0.25, 0.3) is 0 Å². The molecule has 0 amide bonds. The van der Waals surface area contributed by atoms with Crippen LogP contribution < -0.4 is 0 Å². The Hall–Kier alpha value is -2.37. The van der Waals surface area contributed by atoms with Crippen molar-refractivity contribution in [2.24, 2.45) is 0 Å². The molecule has 37 heavy (non-hydrogen) atoms. The van der Waals surface area contributed by atoms with Gasteiger partial charge in [-0.25, -0.2) is 0 Å². The van der Waals surface area contributed by atoms with Crippen LogP contribution in [0.25, 0.3) is 0 Å². The van der Waals surface area contributed by atoms with Crippen molar-refractivity contribution in [1.29, 1.82) is 0 Å². The average molecular weight is 597 g/mol. The molecule has 188 valence electrons. The molecule has 0 saturated heterocycles. The molecule has 0 fully saturated rings. The van der Waals surface area contributed by atoms with E-state index in [2.05, 4.69) is 48.5 Å². The number of thiocarbonyl (C=S) groups is 2. The zero-order chi connectivity index (χ0) is 25.6. The number of rotatable bonds is 8.